The van der Waals surface area contributed by atoms with Crippen LogP contribution in [0.1, 0.15) is 24.3 Å². The lowest BCUT2D eigenvalue weighted by molar-refractivity contribution is 0.379. The maximum absolute atomic E-state index is 4.94. The molecule has 1 fully saturated rings. The fourth-order valence-electron chi connectivity index (χ4n) is 1.26. The molecule has 0 atom stereocenters. The van der Waals surface area contributed by atoms with Crippen LogP contribution in [0, 0.1) is 0 Å². The zero-order valence-corrected chi connectivity index (χ0v) is 8.90. The summed E-state index contributed by atoms with van der Waals surface area (Å²) in [5, 5.41) is 4.25. The molecule has 0 aliphatic heterocycles. The van der Waals surface area contributed by atoms with Crippen LogP contribution in [0.25, 0.3) is 0 Å². The predicted octanol–water partition coefficient (Wildman–Crippen LogP) is 2.13. The van der Waals surface area contributed by atoms with Gasteiger partial charge in [-0.3, -0.25) is 4.68 Å². The van der Waals surface area contributed by atoms with Gasteiger partial charge in [0.25, 0.3) is 0 Å². The number of aromatic nitrogens is 2. The van der Waals surface area contributed by atoms with E-state index in [0.717, 1.165) is 19.1 Å². The number of halogens is 1. The van der Waals surface area contributed by atoms with Crippen molar-refractivity contribution in [1.82, 2.24) is 9.78 Å². The van der Waals surface area contributed by atoms with E-state index in [1.165, 1.54) is 18.4 Å². The summed E-state index contributed by atoms with van der Waals surface area (Å²) in [7, 11) is 0. The third-order valence-corrected chi connectivity index (χ3v) is 2.54. The van der Waals surface area contributed by atoms with Crippen LogP contribution in [0.3, 0.4) is 0 Å². The molecule has 0 amide bonds. The van der Waals surface area contributed by atoms with Gasteiger partial charge in [0.1, 0.15) is 23.0 Å². The molecule has 12 heavy (non-hydrogen) atoms. The average molecular weight is 278 g/mol. The van der Waals surface area contributed by atoms with Crippen molar-refractivity contribution in [2.75, 3.05) is 6.61 Å². The standard InChI is InChI=1S/C8H11IN2O/c9-12-4-3-11-6-8(5-10-11)7-1-2-7/h5-7H,1-4H2. The Morgan fingerprint density at radius 3 is 3.17 bits per heavy atom. The lowest BCUT2D eigenvalue weighted by Crippen LogP contribution is -2.02. The Bertz CT molecular complexity index is 257. The van der Waals surface area contributed by atoms with Gasteiger partial charge in [0, 0.05) is 6.20 Å². The highest BCUT2D eigenvalue weighted by molar-refractivity contribution is 14.1. The molecule has 66 valence electrons. The Morgan fingerprint density at radius 2 is 2.50 bits per heavy atom. The van der Waals surface area contributed by atoms with Crippen molar-refractivity contribution in [1.29, 1.82) is 0 Å². The van der Waals surface area contributed by atoms with Crippen molar-refractivity contribution in [2.45, 2.75) is 25.3 Å². The molecular formula is C8H11IN2O. The van der Waals surface area contributed by atoms with E-state index in [2.05, 4.69) is 11.3 Å². The van der Waals surface area contributed by atoms with Crippen LogP contribution in [0.4, 0.5) is 0 Å². The maximum atomic E-state index is 4.94. The molecule has 2 rings (SSSR count). The lowest BCUT2D eigenvalue weighted by Gasteiger charge is -1.96. The van der Waals surface area contributed by atoms with Crippen molar-refractivity contribution >= 4 is 23.0 Å². The third-order valence-electron chi connectivity index (χ3n) is 2.10. The number of hydrogen-bond acceptors (Lipinski definition) is 2. The van der Waals surface area contributed by atoms with Crippen LogP contribution in [-0.2, 0) is 9.61 Å². The Labute approximate surface area is 85.8 Å². The van der Waals surface area contributed by atoms with Crippen LogP contribution in [-0.4, -0.2) is 16.4 Å². The van der Waals surface area contributed by atoms with Crippen molar-refractivity contribution in [3.63, 3.8) is 0 Å². The highest BCUT2D eigenvalue weighted by Gasteiger charge is 2.24. The molecule has 0 saturated heterocycles. The summed E-state index contributed by atoms with van der Waals surface area (Å²) in [6.45, 7) is 1.59. The molecule has 0 spiro atoms. The van der Waals surface area contributed by atoms with Crippen LogP contribution in [0.2, 0.25) is 0 Å². The summed E-state index contributed by atoms with van der Waals surface area (Å²) in [5.41, 5.74) is 1.39. The van der Waals surface area contributed by atoms with E-state index in [1.54, 1.807) is 0 Å². The zero-order chi connectivity index (χ0) is 8.39. The smallest absolute Gasteiger partial charge is 0.109 e. The van der Waals surface area contributed by atoms with Crippen molar-refractivity contribution in [3.8, 4) is 0 Å². The minimum Gasteiger partial charge on any atom is -0.314 e. The summed E-state index contributed by atoms with van der Waals surface area (Å²) in [4.78, 5) is 0. The highest BCUT2D eigenvalue weighted by Crippen LogP contribution is 2.39. The van der Waals surface area contributed by atoms with Gasteiger partial charge < -0.3 is 3.07 Å². The Kier molecular flexibility index (Phi) is 2.65. The van der Waals surface area contributed by atoms with Crippen LogP contribution in [0.15, 0.2) is 12.4 Å². The second kappa shape index (κ2) is 3.74. The van der Waals surface area contributed by atoms with Gasteiger partial charge in [0.05, 0.1) is 19.3 Å². The topological polar surface area (TPSA) is 27.1 Å². The SMILES string of the molecule is IOCCn1cc(C2CC2)cn1. The fraction of sp³-hybridized carbons (Fsp3) is 0.625. The van der Waals surface area contributed by atoms with E-state index in [0.29, 0.717) is 0 Å². The second-order valence-electron chi connectivity index (χ2n) is 3.12. The van der Waals surface area contributed by atoms with Gasteiger partial charge in [0.15, 0.2) is 0 Å². The van der Waals surface area contributed by atoms with Crippen LogP contribution < -0.4 is 0 Å². The molecule has 1 heterocycles. The minimum atomic E-state index is 0.729. The van der Waals surface area contributed by atoms with E-state index in [1.807, 2.05) is 33.9 Å². The lowest BCUT2D eigenvalue weighted by atomic mass is 10.2. The average Bonchev–Trinajstić information content (AvgIpc) is 2.83. The van der Waals surface area contributed by atoms with Gasteiger partial charge in [-0.2, -0.15) is 5.10 Å². The fourth-order valence-corrected chi connectivity index (χ4v) is 1.45. The molecular weight excluding hydrogens is 267 g/mol. The molecule has 1 aliphatic carbocycles. The first kappa shape index (κ1) is 8.50. The highest BCUT2D eigenvalue weighted by atomic mass is 127. The van der Waals surface area contributed by atoms with E-state index in [-0.39, 0.29) is 0 Å². The first-order valence-corrected chi connectivity index (χ1v) is 5.04. The van der Waals surface area contributed by atoms with Crippen LogP contribution in [0.5, 0.6) is 0 Å². The van der Waals surface area contributed by atoms with Gasteiger partial charge >= 0.3 is 0 Å². The normalized spacial score (nSPS) is 16.8. The molecule has 3 nitrogen and oxygen atoms in total. The van der Waals surface area contributed by atoms with Gasteiger partial charge in [0.2, 0.25) is 0 Å². The molecule has 0 unspecified atom stereocenters. The molecule has 0 bridgehead atoms. The number of hydrogen-bond donors (Lipinski definition) is 0. The van der Waals surface area contributed by atoms with E-state index in [4.69, 9.17) is 3.07 Å². The predicted molar refractivity (Wildman–Crippen MR) is 54.2 cm³/mol. The largest absolute Gasteiger partial charge is 0.314 e. The Balaban J connectivity index is 1.93. The number of nitrogens with zero attached hydrogens (tertiary/aromatic N) is 2. The summed E-state index contributed by atoms with van der Waals surface area (Å²) in [6, 6.07) is 0. The maximum Gasteiger partial charge on any atom is 0.109 e. The van der Waals surface area contributed by atoms with Crippen LogP contribution >= 0.6 is 23.0 Å². The van der Waals surface area contributed by atoms with E-state index >= 15 is 0 Å². The van der Waals surface area contributed by atoms with Crippen molar-refractivity contribution in [3.05, 3.63) is 18.0 Å². The summed E-state index contributed by atoms with van der Waals surface area (Å²) in [6.07, 6.45) is 6.79. The molecule has 0 N–H and O–H groups in total. The Morgan fingerprint density at radius 1 is 1.67 bits per heavy atom. The minimum absolute atomic E-state index is 0.729. The third kappa shape index (κ3) is 1.98. The molecule has 1 saturated carbocycles. The molecule has 4 heteroatoms. The van der Waals surface area contributed by atoms with E-state index in [9.17, 15) is 0 Å². The van der Waals surface area contributed by atoms with Gasteiger partial charge in [-0.15, -0.1) is 0 Å². The second-order valence-corrected chi connectivity index (χ2v) is 3.75. The first-order chi connectivity index (χ1) is 5.90. The zero-order valence-electron chi connectivity index (χ0n) is 6.74. The molecule has 1 aromatic heterocycles. The molecule has 0 radical (unpaired) electrons. The number of rotatable bonds is 4. The first-order valence-electron chi connectivity index (χ1n) is 4.16. The van der Waals surface area contributed by atoms with Crippen molar-refractivity contribution in [2.24, 2.45) is 0 Å². The quantitative estimate of drug-likeness (QED) is 0.789. The summed E-state index contributed by atoms with van der Waals surface area (Å²) < 4.78 is 6.89. The molecule has 1 aromatic rings. The molecule has 1 aliphatic rings. The summed E-state index contributed by atoms with van der Waals surface area (Å²) in [5.74, 6) is 0.805. The van der Waals surface area contributed by atoms with Crippen molar-refractivity contribution < 1.29 is 3.07 Å². The van der Waals surface area contributed by atoms with E-state index < -0.39 is 0 Å². The Hall–Kier alpha value is -0.100. The van der Waals surface area contributed by atoms with Gasteiger partial charge in [-0.25, -0.2) is 0 Å². The van der Waals surface area contributed by atoms with Gasteiger partial charge in [-0.05, 0) is 24.3 Å². The summed E-state index contributed by atoms with van der Waals surface area (Å²) >= 11 is 1.91. The monoisotopic (exact) mass is 278 g/mol. The molecule has 0 aromatic carbocycles. The van der Waals surface area contributed by atoms with Gasteiger partial charge in [-0.1, -0.05) is 0 Å².